The summed E-state index contributed by atoms with van der Waals surface area (Å²) in [5.41, 5.74) is 2.97. The largest absolute Gasteiger partial charge is 0.334 e. The van der Waals surface area contributed by atoms with Crippen LogP contribution in [-0.2, 0) is 6.54 Å². The van der Waals surface area contributed by atoms with Gasteiger partial charge in [-0.2, -0.15) is 0 Å². The van der Waals surface area contributed by atoms with Gasteiger partial charge in [0.1, 0.15) is 0 Å². The van der Waals surface area contributed by atoms with Gasteiger partial charge in [0.15, 0.2) is 0 Å². The second-order valence-electron chi connectivity index (χ2n) is 4.03. The number of carbonyl (C=O) groups is 1. The van der Waals surface area contributed by atoms with Crippen LogP contribution in [-0.4, -0.2) is 11.0 Å². The SMILES string of the molecule is CC.Cc1ccc(NC(=O)NCc2ccncc2)cc1. The lowest BCUT2D eigenvalue weighted by Crippen LogP contribution is -2.28. The normalized spacial score (nSPS) is 9.15. The van der Waals surface area contributed by atoms with Gasteiger partial charge in [0, 0.05) is 24.6 Å². The highest BCUT2D eigenvalue weighted by Crippen LogP contribution is 2.08. The van der Waals surface area contributed by atoms with Crippen LogP contribution in [0.25, 0.3) is 0 Å². The van der Waals surface area contributed by atoms with Gasteiger partial charge in [-0.25, -0.2) is 4.79 Å². The highest BCUT2D eigenvalue weighted by atomic mass is 16.2. The van der Waals surface area contributed by atoms with Crippen molar-refractivity contribution in [2.45, 2.75) is 27.3 Å². The average Bonchev–Trinajstić information content (AvgIpc) is 2.51. The minimum atomic E-state index is -0.212. The zero-order valence-corrected chi connectivity index (χ0v) is 12.2. The molecule has 0 aliphatic rings. The Hall–Kier alpha value is -2.36. The Bertz CT molecular complexity index is 509. The first kappa shape index (κ1) is 15.7. The van der Waals surface area contributed by atoms with E-state index in [9.17, 15) is 4.79 Å². The van der Waals surface area contributed by atoms with Gasteiger partial charge in [0.25, 0.3) is 0 Å². The van der Waals surface area contributed by atoms with Gasteiger partial charge in [-0.1, -0.05) is 31.5 Å². The molecular formula is C16H21N3O. The second kappa shape index (κ2) is 8.69. The van der Waals surface area contributed by atoms with Gasteiger partial charge in [0.05, 0.1) is 0 Å². The number of hydrogen-bond donors (Lipinski definition) is 2. The van der Waals surface area contributed by atoms with E-state index in [0.29, 0.717) is 6.54 Å². The predicted molar refractivity (Wildman–Crippen MR) is 82.6 cm³/mol. The molecule has 0 spiro atoms. The quantitative estimate of drug-likeness (QED) is 0.893. The van der Waals surface area contributed by atoms with E-state index < -0.39 is 0 Å². The summed E-state index contributed by atoms with van der Waals surface area (Å²) in [6.07, 6.45) is 3.41. The molecule has 1 heterocycles. The molecule has 20 heavy (non-hydrogen) atoms. The van der Waals surface area contributed by atoms with Crippen molar-refractivity contribution in [3.8, 4) is 0 Å². The summed E-state index contributed by atoms with van der Waals surface area (Å²) in [6, 6.07) is 11.2. The van der Waals surface area contributed by atoms with Crippen LogP contribution in [0.15, 0.2) is 48.8 Å². The third kappa shape index (κ3) is 5.52. The third-order valence-corrected chi connectivity index (χ3v) is 2.51. The van der Waals surface area contributed by atoms with Crippen LogP contribution < -0.4 is 10.6 Å². The number of rotatable bonds is 3. The molecule has 0 aliphatic heterocycles. The number of urea groups is 1. The van der Waals surface area contributed by atoms with Crippen molar-refractivity contribution in [3.63, 3.8) is 0 Å². The zero-order valence-electron chi connectivity index (χ0n) is 12.2. The maximum atomic E-state index is 11.6. The molecule has 4 heteroatoms. The Morgan fingerprint density at radius 3 is 2.25 bits per heavy atom. The number of aromatic nitrogens is 1. The van der Waals surface area contributed by atoms with Gasteiger partial charge in [0.2, 0.25) is 0 Å². The van der Waals surface area contributed by atoms with E-state index in [-0.39, 0.29) is 6.03 Å². The first-order chi connectivity index (χ1) is 9.74. The van der Waals surface area contributed by atoms with Crippen molar-refractivity contribution < 1.29 is 4.79 Å². The summed E-state index contributed by atoms with van der Waals surface area (Å²) in [4.78, 5) is 15.6. The van der Waals surface area contributed by atoms with E-state index in [0.717, 1.165) is 16.8 Å². The van der Waals surface area contributed by atoms with Gasteiger partial charge >= 0.3 is 6.03 Å². The predicted octanol–water partition coefficient (Wildman–Crippen LogP) is 3.74. The van der Waals surface area contributed by atoms with Crippen molar-refractivity contribution >= 4 is 11.7 Å². The number of benzene rings is 1. The maximum absolute atomic E-state index is 11.6. The summed E-state index contributed by atoms with van der Waals surface area (Å²) in [7, 11) is 0. The van der Waals surface area contributed by atoms with E-state index in [1.807, 2.05) is 57.2 Å². The third-order valence-electron chi connectivity index (χ3n) is 2.51. The standard InChI is InChI=1S/C14H15N3O.C2H6/c1-11-2-4-13(5-3-11)17-14(18)16-10-12-6-8-15-9-7-12;1-2/h2-9H,10H2,1H3,(H2,16,17,18);1-2H3. The molecule has 2 aromatic rings. The highest BCUT2D eigenvalue weighted by molar-refractivity contribution is 5.89. The fourth-order valence-corrected chi connectivity index (χ4v) is 1.50. The van der Waals surface area contributed by atoms with Crippen LogP contribution in [0.1, 0.15) is 25.0 Å². The lowest BCUT2D eigenvalue weighted by atomic mass is 10.2. The lowest BCUT2D eigenvalue weighted by molar-refractivity contribution is 0.251. The molecule has 0 radical (unpaired) electrons. The van der Waals surface area contributed by atoms with Crippen LogP contribution in [0.5, 0.6) is 0 Å². The van der Waals surface area contributed by atoms with Crippen LogP contribution in [0.2, 0.25) is 0 Å². The summed E-state index contributed by atoms with van der Waals surface area (Å²) in [5, 5.41) is 5.56. The Kier molecular flexibility index (Phi) is 6.82. The molecule has 0 fully saturated rings. The monoisotopic (exact) mass is 271 g/mol. The zero-order chi connectivity index (χ0) is 14.8. The Morgan fingerprint density at radius 2 is 1.65 bits per heavy atom. The van der Waals surface area contributed by atoms with Gasteiger partial charge in [-0.05, 0) is 36.8 Å². The van der Waals surface area contributed by atoms with Crippen molar-refractivity contribution in [2.24, 2.45) is 0 Å². The summed E-state index contributed by atoms with van der Waals surface area (Å²) < 4.78 is 0. The molecule has 0 saturated carbocycles. The van der Waals surface area contributed by atoms with E-state index in [2.05, 4.69) is 15.6 Å². The Morgan fingerprint density at radius 1 is 1.05 bits per heavy atom. The van der Waals surface area contributed by atoms with Crippen LogP contribution >= 0.6 is 0 Å². The highest BCUT2D eigenvalue weighted by Gasteiger charge is 2.00. The van der Waals surface area contributed by atoms with Crippen molar-refractivity contribution in [1.82, 2.24) is 10.3 Å². The minimum absolute atomic E-state index is 0.212. The molecule has 0 bridgehead atoms. The molecule has 0 unspecified atom stereocenters. The molecule has 1 aromatic carbocycles. The maximum Gasteiger partial charge on any atom is 0.319 e. The van der Waals surface area contributed by atoms with Crippen molar-refractivity contribution in [3.05, 3.63) is 59.9 Å². The molecule has 1 aromatic heterocycles. The molecule has 106 valence electrons. The topological polar surface area (TPSA) is 54.0 Å². The molecule has 0 atom stereocenters. The molecule has 2 rings (SSSR count). The van der Waals surface area contributed by atoms with Gasteiger partial charge in [-0.15, -0.1) is 0 Å². The van der Waals surface area contributed by atoms with Crippen LogP contribution in [0.4, 0.5) is 10.5 Å². The van der Waals surface area contributed by atoms with Crippen LogP contribution in [0.3, 0.4) is 0 Å². The molecule has 2 amide bonds. The number of hydrogen-bond acceptors (Lipinski definition) is 2. The molecule has 2 N–H and O–H groups in total. The number of carbonyl (C=O) groups excluding carboxylic acids is 1. The van der Waals surface area contributed by atoms with E-state index in [1.54, 1.807) is 12.4 Å². The van der Waals surface area contributed by atoms with E-state index >= 15 is 0 Å². The number of anilines is 1. The number of nitrogens with one attached hydrogen (secondary N) is 2. The number of pyridine rings is 1. The molecule has 0 saturated heterocycles. The molecular weight excluding hydrogens is 250 g/mol. The molecule has 0 aliphatic carbocycles. The fraction of sp³-hybridized carbons (Fsp3) is 0.250. The number of nitrogens with zero attached hydrogens (tertiary/aromatic N) is 1. The van der Waals surface area contributed by atoms with Crippen molar-refractivity contribution in [2.75, 3.05) is 5.32 Å². The summed E-state index contributed by atoms with van der Waals surface area (Å²) in [6.45, 7) is 6.49. The van der Waals surface area contributed by atoms with Crippen molar-refractivity contribution in [1.29, 1.82) is 0 Å². The second-order valence-corrected chi connectivity index (χ2v) is 4.03. The average molecular weight is 271 g/mol. The first-order valence-electron chi connectivity index (χ1n) is 6.74. The molecule has 4 nitrogen and oxygen atoms in total. The van der Waals surface area contributed by atoms with E-state index in [4.69, 9.17) is 0 Å². The lowest BCUT2D eigenvalue weighted by Gasteiger charge is -2.07. The Labute approximate surface area is 120 Å². The number of aryl methyl sites for hydroxylation is 1. The fourth-order valence-electron chi connectivity index (χ4n) is 1.50. The van der Waals surface area contributed by atoms with Gasteiger partial charge < -0.3 is 10.6 Å². The Balaban J connectivity index is 0.000000956. The summed E-state index contributed by atoms with van der Waals surface area (Å²) in [5.74, 6) is 0. The minimum Gasteiger partial charge on any atom is -0.334 e. The van der Waals surface area contributed by atoms with E-state index in [1.165, 1.54) is 0 Å². The smallest absolute Gasteiger partial charge is 0.319 e. The van der Waals surface area contributed by atoms with Crippen LogP contribution in [0, 0.1) is 6.92 Å². The summed E-state index contributed by atoms with van der Waals surface area (Å²) >= 11 is 0. The number of amides is 2. The first-order valence-corrected chi connectivity index (χ1v) is 6.74. The van der Waals surface area contributed by atoms with Gasteiger partial charge in [-0.3, -0.25) is 4.98 Å².